The van der Waals surface area contributed by atoms with Crippen LogP contribution in [0.5, 0.6) is 11.5 Å². The van der Waals surface area contributed by atoms with Gasteiger partial charge in [0, 0.05) is 5.56 Å². The van der Waals surface area contributed by atoms with Gasteiger partial charge in [-0.3, -0.25) is 9.69 Å². The molecule has 0 atom stereocenters. The van der Waals surface area contributed by atoms with E-state index in [0.717, 1.165) is 11.1 Å². The van der Waals surface area contributed by atoms with E-state index in [1.807, 2.05) is 31.2 Å². The summed E-state index contributed by atoms with van der Waals surface area (Å²) in [7, 11) is 3.07. The summed E-state index contributed by atoms with van der Waals surface area (Å²) < 4.78 is 10.6. The number of nitrogens with zero attached hydrogens (tertiary/aromatic N) is 1. The molecule has 3 rings (SSSR count). The van der Waals surface area contributed by atoms with Crippen LogP contribution in [0.1, 0.15) is 16.7 Å². The lowest BCUT2D eigenvalue weighted by molar-refractivity contribution is -0.123. The summed E-state index contributed by atoms with van der Waals surface area (Å²) in [4.78, 5) is 26.1. The number of rotatable bonds is 5. The Morgan fingerprint density at radius 2 is 1.77 bits per heavy atom. The fourth-order valence-corrected chi connectivity index (χ4v) is 2.77. The standard InChI is InChI=1S/C20H20N2O4/c1-13-7-9-14(10-8-13)12-22-19(23)16(21-20(22)24)11-15-5-4-6-17(25-2)18(15)26-3/h4-11H,12H2,1-3H3,(H,21,24)/b16-11+. The van der Waals surface area contributed by atoms with Gasteiger partial charge in [-0.15, -0.1) is 0 Å². The van der Waals surface area contributed by atoms with Crippen LogP contribution >= 0.6 is 0 Å². The Hall–Kier alpha value is -3.28. The Morgan fingerprint density at radius 1 is 1.04 bits per heavy atom. The van der Waals surface area contributed by atoms with E-state index in [1.165, 1.54) is 12.0 Å². The summed E-state index contributed by atoms with van der Waals surface area (Å²) in [6, 6.07) is 12.6. The maximum absolute atomic E-state index is 12.6. The minimum Gasteiger partial charge on any atom is -0.493 e. The molecule has 1 saturated heterocycles. The number of aryl methyl sites for hydroxylation is 1. The molecule has 26 heavy (non-hydrogen) atoms. The van der Waals surface area contributed by atoms with Crippen LogP contribution in [-0.4, -0.2) is 31.1 Å². The van der Waals surface area contributed by atoms with Crippen LogP contribution in [0.3, 0.4) is 0 Å². The van der Waals surface area contributed by atoms with E-state index >= 15 is 0 Å². The molecule has 6 heteroatoms. The van der Waals surface area contributed by atoms with Gasteiger partial charge in [-0.1, -0.05) is 42.0 Å². The highest BCUT2D eigenvalue weighted by molar-refractivity contribution is 6.14. The van der Waals surface area contributed by atoms with E-state index in [-0.39, 0.29) is 18.1 Å². The number of methoxy groups -OCH3 is 2. The average Bonchev–Trinajstić information content (AvgIpc) is 2.90. The monoisotopic (exact) mass is 352 g/mol. The second-order valence-corrected chi connectivity index (χ2v) is 5.95. The van der Waals surface area contributed by atoms with Crippen molar-refractivity contribution in [1.82, 2.24) is 10.2 Å². The summed E-state index contributed by atoms with van der Waals surface area (Å²) in [6.07, 6.45) is 1.59. The second kappa shape index (κ2) is 7.31. The Balaban J connectivity index is 1.87. The lowest BCUT2D eigenvalue weighted by Gasteiger charge is -2.12. The number of imide groups is 1. The summed E-state index contributed by atoms with van der Waals surface area (Å²) in [6.45, 7) is 2.21. The average molecular weight is 352 g/mol. The highest BCUT2D eigenvalue weighted by Crippen LogP contribution is 2.32. The van der Waals surface area contributed by atoms with Gasteiger partial charge in [0.1, 0.15) is 5.70 Å². The molecular weight excluding hydrogens is 332 g/mol. The topological polar surface area (TPSA) is 67.9 Å². The lowest BCUT2D eigenvalue weighted by atomic mass is 10.1. The Bertz CT molecular complexity index is 872. The van der Waals surface area contributed by atoms with Crippen molar-refractivity contribution in [2.24, 2.45) is 0 Å². The molecule has 2 aromatic carbocycles. The van der Waals surface area contributed by atoms with Gasteiger partial charge in [-0.05, 0) is 24.6 Å². The number of nitrogens with one attached hydrogen (secondary N) is 1. The van der Waals surface area contributed by atoms with Crippen molar-refractivity contribution in [3.8, 4) is 11.5 Å². The highest BCUT2D eigenvalue weighted by Gasteiger charge is 2.33. The Kier molecular flexibility index (Phi) is 4.93. The van der Waals surface area contributed by atoms with E-state index in [1.54, 1.807) is 31.4 Å². The maximum Gasteiger partial charge on any atom is 0.329 e. The zero-order chi connectivity index (χ0) is 18.7. The summed E-state index contributed by atoms with van der Waals surface area (Å²) in [5.41, 5.74) is 2.86. The van der Waals surface area contributed by atoms with Crippen molar-refractivity contribution in [2.45, 2.75) is 13.5 Å². The summed E-state index contributed by atoms with van der Waals surface area (Å²) >= 11 is 0. The zero-order valence-electron chi connectivity index (χ0n) is 14.9. The fourth-order valence-electron chi connectivity index (χ4n) is 2.77. The first-order chi connectivity index (χ1) is 12.5. The number of urea groups is 1. The number of ether oxygens (including phenoxy) is 2. The number of carbonyl (C=O) groups is 2. The van der Waals surface area contributed by atoms with Gasteiger partial charge in [-0.25, -0.2) is 4.79 Å². The number of benzene rings is 2. The van der Waals surface area contributed by atoms with Crippen LogP contribution in [0.15, 0.2) is 48.2 Å². The molecule has 1 aliphatic rings. The first kappa shape index (κ1) is 17.5. The number of hydrogen-bond acceptors (Lipinski definition) is 4. The molecule has 0 bridgehead atoms. The minimum atomic E-state index is -0.441. The molecule has 0 aliphatic carbocycles. The molecule has 1 aliphatic heterocycles. The molecule has 1 N–H and O–H groups in total. The van der Waals surface area contributed by atoms with Gasteiger partial charge < -0.3 is 14.8 Å². The van der Waals surface area contributed by atoms with Gasteiger partial charge in [0.05, 0.1) is 20.8 Å². The minimum absolute atomic E-state index is 0.202. The van der Waals surface area contributed by atoms with Crippen LogP contribution in [0, 0.1) is 6.92 Å². The van der Waals surface area contributed by atoms with E-state index in [9.17, 15) is 9.59 Å². The van der Waals surface area contributed by atoms with E-state index in [0.29, 0.717) is 17.1 Å². The Morgan fingerprint density at radius 3 is 2.42 bits per heavy atom. The maximum atomic E-state index is 12.6. The van der Waals surface area contributed by atoms with Gasteiger partial charge in [0.15, 0.2) is 11.5 Å². The number of hydrogen-bond donors (Lipinski definition) is 1. The predicted molar refractivity (Wildman–Crippen MR) is 97.8 cm³/mol. The third kappa shape index (κ3) is 3.39. The van der Waals surface area contributed by atoms with Crippen molar-refractivity contribution in [3.63, 3.8) is 0 Å². The van der Waals surface area contributed by atoms with Crippen LogP contribution in [-0.2, 0) is 11.3 Å². The SMILES string of the molecule is COc1cccc(/C=C2/NC(=O)N(Cc3ccc(C)cc3)C2=O)c1OC. The lowest BCUT2D eigenvalue weighted by Crippen LogP contribution is -2.30. The van der Waals surface area contributed by atoms with Crippen molar-refractivity contribution in [2.75, 3.05) is 14.2 Å². The number of carbonyl (C=O) groups excluding carboxylic acids is 2. The quantitative estimate of drug-likeness (QED) is 0.663. The van der Waals surface area contributed by atoms with Crippen molar-refractivity contribution >= 4 is 18.0 Å². The molecule has 6 nitrogen and oxygen atoms in total. The molecule has 2 aromatic rings. The smallest absolute Gasteiger partial charge is 0.329 e. The number of para-hydroxylation sites is 1. The highest BCUT2D eigenvalue weighted by atomic mass is 16.5. The molecule has 0 unspecified atom stereocenters. The molecule has 0 radical (unpaired) electrons. The van der Waals surface area contributed by atoms with Crippen LogP contribution < -0.4 is 14.8 Å². The molecule has 0 aromatic heterocycles. The molecule has 3 amide bonds. The fraction of sp³-hybridized carbons (Fsp3) is 0.200. The Labute approximate surface area is 152 Å². The van der Waals surface area contributed by atoms with Gasteiger partial charge in [0.25, 0.3) is 5.91 Å². The molecule has 1 fully saturated rings. The first-order valence-corrected chi connectivity index (χ1v) is 8.14. The predicted octanol–water partition coefficient (Wildman–Crippen LogP) is 3.11. The molecule has 0 spiro atoms. The van der Waals surface area contributed by atoms with E-state index < -0.39 is 6.03 Å². The van der Waals surface area contributed by atoms with Gasteiger partial charge in [-0.2, -0.15) is 0 Å². The van der Waals surface area contributed by atoms with Crippen LogP contribution in [0.4, 0.5) is 4.79 Å². The van der Waals surface area contributed by atoms with Gasteiger partial charge >= 0.3 is 6.03 Å². The second-order valence-electron chi connectivity index (χ2n) is 5.95. The third-order valence-electron chi connectivity index (χ3n) is 4.16. The van der Waals surface area contributed by atoms with Crippen molar-refractivity contribution in [1.29, 1.82) is 0 Å². The largest absolute Gasteiger partial charge is 0.493 e. The molecule has 134 valence electrons. The molecule has 0 saturated carbocycles. The van der Waals surface area contributed by atoms with Crippen molar-refractivity contribution in [3.05, 3.63) is 64.9 Å². The molecule has 1 heterocycles. The van der Waals surface area contributed by atoms with Crippen molar-refractivity contribution < 1.29 is 19.1 Å². The normalized spacial score (nSPS) is 15.3. The zero-order valence-corrected chi connectivity index (χ0v) is 14.9. The van der Waals surface area contributed by atoms with E-state index in [4.69, 9.17) is 9.47 Å². The number of amides is 3. The van der Waals surface area contributed by atoms with E-state index in [2.05, 4.69) is 5.32 Å². The van der Waals surface area contributed by atoms with Crippen LogP contribution in [0.25, 0.3) is 6.08 Å². The summed E-state index contributed by atoms with van der Waals surface area (Å²) in [5, 5.41) is 2.62. The first-order valence-electron chi connectivity index (χ1n) is 8.14. The molecular formula is C20H20N2O4. The summed E-state index contributed by atoms with van der Waals surface area (Å²) in [5.74, 6) is 0.678. The third-order valence-corrected chi connectivity index (χ3v) is 4.16. The van der Waals surface area contributed by atoms with Crippen LogP contribution in [0.2, 0.25) is 0 Å². The van der Waals surface area contributed by atoms with Gasteiger partial charge in [0.2, 0.25) is 0 Å².